The van der Waals surface area contributed by atoms with Gasteiger partial charge in [0.2, 0.25) is 0 Å². The molecule has 0 saturated carbocycles. The van der Waals surface area contributed by atoms with Crippen molar-refractivity contribution in [2.45, 2.75) is 70.4 Å². The number of hydrogen-bond donors (Lipinski definition) is 0. The second kappa shape index (κ2) is 9.35. The van der Waals surface area contributed by atoms with Crippen LogP contribution >= 0.6 is 0 Å². The Bertz CT molecular complexity index is 919. The molecule has 0 fully saturated rings. The highest BCUT2D eigenvalue weighted by Crippen LogP contribution is 2.40. The highest BCUT2D eigenvalue weighted by Gasteiger charge is 2.38. The fraction of sp³-hybridized carbons (Fsp3) is 0.478. The zero-order valence-corrected chi connectivity index (χ0v) is 17.6. The standard InChI is InChI=1S/C23H23F9/c1-13(2)17-11-15(7-9-19(17)22(27,28)29)6-4-5-14(3)18-12-16(21(24,25)26)8-10-20(18)23(30,31)32/h7-14H,4-6H2,1-3H3. The first-order valence-corrected chi connectivity index (χ1v) is 10.00. The Morgan fingerprint density at radius 3 is 1.69 bits per heavy atom. The third-order valence-electron chi connectivity index (χ3n) is 5.36. The zero-order valence-electron chi connectivity index (χ0n) is 17.6. The summed E-state index contributed by atoms with van der Waals surface area (Å²) in [5, 5.41) is 0. The van der Waals surface area contributed by atoms with Gasteiger partial charge in [0.05, 0.1) is 16.7 Å². The minimum atomic E-state index is -4.80. The predicted molar refractivity (Wildman–Crippen MR) is 103 cm³/mol. The number of aryl methyl sites for hydroxylation is 1. The largest absolute Gasteiger partial charge is 0.416 e. The molecule has 0 aliphatic rings. The van der Waals surface area contributed by atoms with Gasteiger partial charge in [-0.25, -0.2) is 0 Å². The summed E-state index contributed by atoms with van der Waals surface area (Å²) in [6.07, 6.45) is -13.3. The maximum atomic E-state index is 13.3. The first kappa shape index (κ1) is 26.1. The number of halogens is 9. The van der Waals surface area contributed by atoms with Crippen molar-refractivity contribution in [1.29, 1.82) is 0 Å². The van der Waals surface area contributed by atoms with Gasteiger partial charge in [0.1, 0.15) is 0 Å². The summed E-state index contributed by atoms with van der Waals surface area (Å²) in [5.74, 6) is -1.21. The van der Waals surface area contributed by atoms with E-state index in [9.17, 15) is 39.5 Å². The molecule has 0 aliphatic heterocycles. The zero-order chi connectivity index (χ0) is 24.5. The molecule has 2 aromatic rings. The topological polar surface area (TPSA) is 0 Å². The summed E-state index contributed by atoms with van der Waals surface area (Å²) >= 11 is 0. The van der Waals surface area contributed by atoms with Crippen molar-refractivity contribution in [2.75, 3.05) is 0 Å². The van der Waals surface area contributed by atoms with Gasteiger partial charge in [-0.1, -0.05) is 32.9 Å². The molecule has 0 bridgehead atoms. The molecule has 0 amide bonds. The molecule has 32 heavy (non-hydrogen) atoms. The molecule has 0 heterocycles. The van der Waals surface area contributed by atoms with Crippen molar-refractivity contribution in [1.82, 2.24) is 0 Å². The van der Waals surface area contributed by atoms with Crippen LogP contribution in [-0.4, -0.2) is 0 Å². The summed E-state index contributed by atoms with van der Waals surface area (Å²) in [7, 11) is 0. The van der Waals surface area contributed by atoms with Crippen LogP contribution in [-0.2, 0) is 24.9 Å². The van der Waals surface area contributed by atoms with E-state index in [4.69, 9.17) is 0 Å². The second-order valence-electron chi connectivity index (χ2n) is 8.16. The van der Waals surface area contributed by atoms with Gasteiger partial charge in [-0.2, -0.15) is 39.5 Å². The van der Waals surface area contributed by atoms with Crippen LogP contribution in [0.1, 0.15) is 78.8 Å². The molecule has 178 valence electrons. The normalized spacial score (nSPS) is 14.2. The van der Waals surface area contributed by atoms with Gasteiger partial charge >= 0.3 is 18.5 Å². The van der Waals surface area contributed by atoms with Crippen molar-refractivity contribution >= 4 is 0 Å². The lowest BCUT2D eigenvalue weighted by Gasteiger charge is -2.21. The van der Waals surface area contributed by atoms with Crippen LogP contribution in [0.3, 0.4) is 0 Å². The summed E-state index contributed by atoms with van der Waals surface area (Å²) in [6, 6.07) is 5.13. The number of alkyl halides is 9. The van der Waals surface area contributed by atoms with E-state index in [0.717, 1.165) is 6.07 Å². The number of hydrogen-bond acceptors (Lipinski definition) is 0. The lowest BCUT2D eigenvalue weighted by molar-refractivity contribution is -0.142. The van der Waals surface area contributed by atoms with Gasteiger partial charge in [-0.05, 0) is 72.1 Å². The maximum absolute atomic E-state index is 13.3. The van der Waals surface area contributed by atoms with Crippen LogP contribution in [0.5, 0.6) is 0 Å². The van der Waals surface area contributed by atoms with Crippen molar-refractivity contribution in [3.63, 3.8) is 0 Å². The van der Waals surface area contributed by atoms with Crippen LogP contribution in [0.4, 0.5) is 39.5 Å². The second-order valence-corrected chi connectivity index (χ2v) is 8.16. The molecule has 0 nitrogen and oxygen atoms in total. The minimum Gasteiger partial charge on any atom is -0.166 e. The van der Waals surface area contributed by atoms with Crippen molar-refractivity contribution in [3.8, 4) is 0 Å². The fourth-order valence-electron chi connectivity index (χ4n) is 3.68. The summed E-state index contributed by atoms with van der Waals surface area (Å²) in [5.41, 5.74) is -2.73. The Kier molecular flexibility index (Phi) is 7.62. The molecule has 2 aromatic carbocycles. The van der Waals surface area contributed by atoms with E-state index < -0.39 is 46.7 Å². The Morgan fingerprint density at radius 2 is 1.19 bits per heavy atom. The molecule has 0 N–H and O–H groups in total. The maximum Gasteiger partial charge on any atom is 0.416 e. The highest BCUT2D eigenvalue weighted by molar-refractivity contribution is 5.38. The summed E-state index contributed by atoms with van der Waals surface area (Å²) in [6.45, 7) is 4.67. The first-order valence-electron chi connectivity index (χ1n) is 10.00. The number of benzene rings is 2. The lowest BCUT2D eigenvalue weighted by Crippen LogP contribution is -2.14. The molecule has 2 rings (SSSR count). The molecule has 1 atom stereocenters. The Morgan fingerprint density at radius 1 is 0.656 bits per heavy atom. The van der Waals surface area contributed by atoms with E-state index in [1.165, 1.54) is 19.1 Å². The third kappa shape index (κ3) is 6.42. The summed E-state index contributed by atoms with van der Waals surface area (Å²) in [4.78, 5) is 0. The van der Waals surface area contributed by atoms with Gasteiger partial charge in [-0.3, -0.25) is 0 Å². The smallest absolute Gasteiger partial charge is 0.166 e. The van der Waals surface area contributed by atoms with E-state index in [1.54, 1.807) is 13.8 Å². The van der Waals surface area contributed by atoms with Gasteiger partial charge in [-0.15, -0.1) is 0 Å². The Labute approximate surface area is 180 Å². The highest BCUT2D eigenvalue weighted by atomic mass is 19.4. The van der Waals surface area contributed by atoms with E-state index in [-0.39, 0.29) is 17.9 Å². The van der Waals surface area contributed by atoms with Crippen LogP contribution in [0.15, 0.2) is 36.4 Å². The minimum absolute atomic E-state index is 0.125. The van der Waals surface area contributed by atoms with E-state index in [2.05, 4.69) is 0 Å². The van der Waals surface area contributed by atoms with Gasteiger partial charge in [0.15, 0.2) is 0 Å². The summed E-state index contributed by atoms with van der Waals surface area (Å²) < 4.78 is 118. The molecule has 1 unspecified atom stereocenters. The Balaban J connectivity index is 2.21. The quantitative estimate of drug-likeness (QED) is 0.370. The lowest BCUT2D eigenvalue weighted by atomic mass is 9.88. The molecule has 0 aromatic heterocycles. The van der Waals surface area contributed by atoms with Crippen LogP contribution in [0, 0.1) is 0 Å². The van der Waals surface area contributed by atoms with Crippen molar-refractivity contribution in [2.24, 2.45) is 0 Å². The van der Waals surface area contributed by atoms with Crippen LogP contribution in [0.25, 0.3) is 0 Å². The monoisotopic (exact) mass is 470 g/mol. The first-order chi connectivity index (χ1) is 14.5. The molecule has 9 heteroatoms. The predicted octanol–water partition coefficient (Wildman–Crippen LogP) is 8.99. The van der Waals surface area contributed by atoms with Crippen LogP contribution in [0.2, 0.25) is 0 Å². The molecule has 0 saturated heterocycles. The average molecular weight is 470 g/mol. The average Bonchev–Trinajstić information content (AvgIpc) is 2.65. The SMILES string of the molecule is CC(C)c1cc(CCCC(C)c2cc(C(F)(F)F)ccc2C(F)(F)F)ccc1C(F)(F)F. The molecule has 0 aliphatic carbocycles. The molecular weight excluding hydrogens is 447 g/mol. The van der Waals surface area contributed by atoms with E-state index in [0.29, 0.717) is 36.6 Å². The number of rotatable bonds is 6. The van der Waals surface area contributed by atoms with Crippen molar-refractivity contribution in [3.05, 3.63) is 69.8 Å². The van der Waals surface area contributed by atoms with E-state index in [1.807, 2.05) is 0 Å². The van der Waals surface area contributed by atoms with E-state index >= 15 is 0 Å². The van der Waals surface area contributed by atoms with Crippen molar-refractivity contribution < 1.29 is 39.5 Å². The molecule has 0 radical (unpaired) electrons. The van der Waals surface area contributed by atoms with Gasteiger partial charge < -0.3 is 0 Å². The molecular formula is C23H23F9. The third-order valence-corrected chi connectivity index (χ3v) is 5.36. The van der Waals surface area contributed by atoms with Gasteiger partial charge in [0, 0.05) is 0 Å². The molecule has 0 spiro atoms. The van der Waals surface area contributed by atoms with Crippen LogP contribution < -0.4 is 0 Å². The van der Waals surface area contributed by atoms with Gasteiger partial charge in [0.25, 0.3) is 0 Å². The Hall–Kier alpha value is -2.19. The fourth-order valence-corrected chi connectivity index (χ4v) is 3.68.